The predicted molar refractivity (Wildman–Crippen MR) is 77.5 cm³/mol. The van der Waals surface area contributed by atoms with Crippen LogP contribution in [0.25, 0.3) is 0 Å². The van der Waals surface area contributed by atoms with Crippen molar-refractivity contribution in [1.82, 2.24) is 4.90 Å². The molecule has 2 fully saturated rings. The molecule has 2 N–H and O–H groups in total. The topological polar surface area (TPSA) is 29.3 Å². The van der Waals surface area contributed by atoms with Gasteiger partial charge in [0.05, 0.1) is 0 Å². The van der Waals surface area contributed by atoms with Gasteiger partial charge in [0, 0.05) is 36.7 Å². The molecule has 0 bridgehead atoms. The summed E-state index contributed by atoms with van der Waals surface area (Å²) in [5.74, 6) is 2.19. The molecule has 3 heteroatoms. The summed E-state index contributed by atoms with van der Waals surface area (Å²) >= 11 is 2.16. The Bertz CT molecular complexity index is 216. The summed E-state index contributed by atoms with van der Waals surface area (Å²) < 4.78 is 0. The van der Waals surface area contributed by atoms with Crippen LogP contribution >= 0.6 is 11.8 Å². The van der Waals surface area contributed by atoms with E-state index in [1.807, 2.05) is 0 Å². The molecule has 0 aromatic carbocycles. The maximum Gasteiger partial charge on any atom is 0.0247 e. The second-order valence-corrected chi connectivity index (χ2v) is 7.01. The molecule has 2 nitrogen and oxygen atoms in total. The zero-order valence-corrected chi connectivity index (χ0v) is 12.1. The smallest absolute Gasteiger partial charge is 0.0247 e. The van der Waals surface area contributed by atoms with Gasteiger partial charge in [-0.15, -0.1) is 0 Å². The Morgan fingerprint density at radius 3 is 2.71 bits per heavy atom. The SMILES string of the molecule is CCC1CN(C(CN)C2CCCCC2)CCS1. The van der Waals surface area contributed by atoms with E-state index in [4.69, 9.17) is 5.73 Å². The number of nitrogens with two attached hydrogens (primary N) is 1. The molecule has 2 atom stereocenters. The van der Waals surface area contributed by atoms with Crippen LogP contribution < -0.4 is 5.73 Å². The largest absolute Gasteiger partial charge is 0.329 e. The molecule has 100 valence electrons. The first kappa shape index (κ1) is 13.7. The Morgan fingerprint density at radius 1 is 1.29 bits per heavy atom. The van der Waals surface area contributed by atoms with Crippen LogP contribution in [-0.4, -0.2) is 41.6 Å². The average Bonchev–Trinajstić information content (AvgIpc) is 2.41. The molecular weight excluding hydrogens is 228 g/mol. The number of hydrogen-bond acceptors (Lipinski definition) is 3. The molecule has 2 rings (SSSR count). The lowest BCUT2D eigenvalue weighted by molar-refractivity contribution is 0.125. The fraction of sp³-hybridized carbons (Fsp3) is 1.00. The molecule has 17 heavy (non-hydrogen) atoms. The van der Waals surface area contributed by atoms with Crippen LogP contribution in [0.4, 0.5) is 0 Å². The van der Waals surface area contributed by atoms with Crippen LogP contribution in [0.3, 0.4) is 0 Å². The molecule has 1 saturated carbocycles. The second kappa shape index (κ2) is 7.01. The number of hydrogen-bond donors (Lipinski definition) is 1. The van der Waals surface area contributed by atoms with Crippen LogP contribution in [0.15, 0.2) is 0 Å². The van der Waals surface area contributed by atoms with Crippen molar-refractivity contribution in [1.29, 1.82) is 0 Å². The summed E-state index contributed by atoms with van der Waals surface area (Å²) in [6, 6.07) is 0.672. The summed E-state index contributed by atoms with van der Waals surface area (Å²) in [4.78, 5) is 2.71. The molecule has 1 saturated heterocycles. The van der Waals surface area contributed by atoms with Crippen LogP contribution in [0.1, 0.15) is 45.4 Å². The number of nitrogens with zero attached hydrogens (tertiary/aromatic N) is 1. The summed E-state index contributed by atoms with van der Waals surface area (Å²) in [5.41, 5.74) is 6.07. The Hall–Kier alpha value is 0.270. The van der Waals surface area contributed by atoms with Gasteiger partial charge in [-0.2, -0.15) is 11.8 Å². The Kier molecular flexibility index (Phi) is 5.64. The highest BCUT2D eigenvalue weighted by Gasteiger charge is 2.30. The monoisotopic (exact) mass is 256 g/mol. The summed E-state index contributed by atoms with van der Waals surface area (Å²) in [5, 5.41) is 0.849. The maximum atomic E-state index is 6.07. The molecule has 2 unspecified atom stereocenters. The van der Waals surface area contributed by atoms with Gasteiger partial charge < -0.3 is 5.73 Å². The van der Waals surface area contributed by atoms with Crippen LogP contribution in [-0.2, 0) is 0 Å². The molecule has 1 heterocycles. The van der Waals surface area contributed by atoms with E-state index >= 15 is 0 Å². The van der Waals surface area contributed by atoms with E-state index in [0.29, 0.717) is 6.04 Å². The van der Waals surface area contributed by atoms with E-state index in [0.717, 1.165) is 17.7 Å². The zero-order chi connectivity index (χ0) is 12.1. The van der Waals surface area contributed by atoms with Gasteiger partial charge in [-0.1, -0.05) is 26.2 Å². The van der Waals surface area contributed by atoms with Gasteiger partial charge in [0.15, 0.2) is 0 Å². The second-order valence-electron chi connectivity index (χ2n) is 5.60. The van der Waals surface area contributed by atoms with Gasteiger partial charge in [0.25, 0.3) is 0 Å². The molecule has 0 spiro atoms. The van der Waals surface area contributed by atoms with Crippen molar-refractivity contribution in [3.63, 3.8) is 0 Å². The van der Waals surface area contributed by atoms with E-state index in [2.05, 4.69) is 23.6 Å². The highest BCUT2D eigenvalue weighted by atomic mass is 32.2. The standard InChI is InChI=1S/C14H28N2S/c1-2-13-11-16(8-9-17-13)14(10-15)12-6-4-3-5-7-12/h12-14H,2-11,15H2,1H3. The Balaban J connectivity index is 1.91. The van der Waals surface area contributed by atoms with E-state index < -0.39 is 0 Å². The third-order valence-electron chi connectivity index (χ3n) is 4.53. The minimum Gasteiger partial charge on any atom is -0.329 e. The molecule has 0 radical (unpaired) electrons. The first-order chi connectivity index (χ1) is 8.35. The summed E-state index contributed by atoms with van der Waals surface area (Å²) in [6.45, 7) is 5.73. The van der Waals surface area contributed by atoms with E-state index in [1.165, 1.54) is 57.4 Å². The fourth-order valence-electron chi connectivity index (χ4n) is 3.45. The van der Waals surface area contributed by atoms with Crippen molar-refractivity contribution >= 4 is 11.8 Å². The maximum absolute atomic E-state index is 6.07. The third kappa shape index (κ3) is 3.62. The molecule has 0 amide bonds. The van der Waals surface area contributed by atoms with E-state index in [9.17, 15) is 0 Å². The van der Waals surface area contributed by atoms with Gasteiger partial charge in [-0.3, -0.25) is 4.90 Å². The lowest BCUT2D eigenvalue weighted by atomic mass is 9.83. The van der Waals surface area contributed by atoms with Crippen molar-refractivity contribution in [3.05, 3.63) is 0 Å². The fourth-order valence-corrected chi connectivity index (χ4v) is 4.65. The summed E-state index contributed by atoms with van der Waals surface area (Å²) in [7, 11) is 0. The quantitative estimate of drug-likeness (QED) is 0.838. The molecule has 1 aliphatic heterocycles. The van der Waals surface area contributed by atoms with Crippen LogP contribution in [0.5, 0.6) is 0 Å². The molecule has 1 aliphatic carbocycles. The molecule has 0 aromatic heterocycles. The normalized spacial score (nSPS) is 30.4. The van der Waals surface area contributed by atoms with Crippen molar-refractivity contribution in [2.24, 2.45) is 11.7 Å². The Labute approximate surface area is 111 Å². The first-order valence-corrected chi connectivity index (χ1v) is 8.45. The number of thioether (sulfide) groups is 1. The van der Waals surface area contributed by atoms with Gasteiger partial charge in [0.2, 0.25) is 0 Å². The van der Waals surface area contributed by atoms with Gasteiger partial charge in [0.1, 0.15) is 0 Å². The third-order valence-corrected chi connectivity index (χ3v) is 5.90. The minimum absolute atomic E-state index is 0.672. The summed E-state index contributed by atoms with van der Waals surface area (Å²) in [6.07, 6.45) is 8.46. The lowest BCUT2D eigenvalue weighted by Crippen LogP contribution is -2.51. The van der Waals surface area contributed by atoms with Gasteiger partial charge in [-0.25, -0.2) is 0 Å². The van der Waals surface area contributed by atoms with Crippen molar-refractivity contribution in [3.8, 4) is 0 Å². The molecular formula is C14H28N2S. The zero-order valence-electron chi connectivity index (χ0n) is 11.2. The van der Waals surface area contributed by atoms with Crippen LogP contribution in [0, 0.1) is 5.92 Å². The minimum atomic E-state index is 0.672. The van der Waals surface area contributed by atoms with Crippen molar-refractivity contribution in [2.45, 2.75) is 56.7 Å². The highest BCUT2D eigenvalue weighted by Crippen LogP contribution is 2.31. The van der Waals surface area contributed by atoms with Gasteiger partial charge >= 0.3 is 0 Å². The van der Waals surface area contributed by atoms with Crippen LogP contribution in [0.2, 0.25) is 0 Å². The molecule has 2 aliphatic rings. The van der Waals surface area contributed by atoms with Crippen molar-refractivity contribution < 1.29 is 0 Å². The molecule has 0 aromatic rings. The average molecular weight is 256 g/mol. The van der Waals surface area contributed by atoms with E-state index in [-0.39, 0.29) is 0 Å². The predicted octanol–water partition coefficient (Wildman–Crippen LogP) is 2.72. The first-order valence-electron chi connectivity index (χ1n) is 7.40. The van der Waals surface area contributed by atoms with Crippen molar-refractivity contribution in [2.75, 3.05) is 25.4 Å². The highest BCUT2D eigenvalue weighted by molar-refractivity contribution is 8.00. The lowest BCUT2D eigenvalue weighted by Gasteiger charge is -2.42. The Morgan fingerprint density at radius 2 is 2.06 bits per heavy atom. The van der Waals surface area contributed by atoms with Gasteiger partial charge in [-0.05, 0) is 25.2 Å². The van der Waals surface area contributed by atoms with E-state index in [1.54, 1.807) is 0 Å². The number of rotatable bonds is 4.